The topological polar surface area (TPSA) is 87.7 Å². The number of carboxylic acids is 1. The zero-order valence-electron chi connectivity index (χ0n) is 11.2. The first-order valence-corrected chi connectivity index (χ1v) is 6.93. The van der Waals surface area contributed by atoms with E-state index in [2.05, 4.69) is 10.6 Å². The highest BCUT2D eigenvalue weighted by Crippen LogP contribution is 2.34. The molecule has 1 heterocycles. The number of hydrogen-bond donors (Lipinski definition) is 3. The molecule has 2 fully saturated rings. The van der Waals surface area contributed by atoms with Gasteiger partial charge in [-0.3, -0.25) is 4.79 Å². The molecule has 19 heavy (non-hydrogen) atoms. The van der Waals surface area contributed by atoms with Crippen molar-refractivity contribution >= 4 is 12.0 Å². The minimum atomic E-state index is -0.866. The van der Waals surface area contributed by atoms with Crippen LogP contribution in [0.15, 0.2) is 0 Å². The van der Waals surface area contributed by atoms with E-state index >= 15 is 0 Å². The fraction of sp³-hybridized carbons (Fsp3) is 0.846. The number of amides is 2. The van der Waals surface area contributed by atoms with Crippen LogP contribution in [0, 0.1) is 11.8 Å². The molecule has 0 aromatic heterocycles. The van der Waals surface area contributed by atoms with Gasteiger partial charge in [-0.15, -0.1) is 0 Å². The Balaban J connectivity index is 1.76. The molecular weight excluding hydrogens is 248 g/mol. The molecule has 1 aliphatic heterocycles. The first-order valence-electron chi connectivity index (χ1n) is 6.93. The van der Waals surface area contributed by atoms with Crippen molar-refractivity contribution in [1.29, 1.82) is 0 Å². The Labute approximate surface area is 112 Å². The van der Waals surface area contributed by atoms with Crippen LogP contribution in [0.3, 0.4) is 0 Å². The maximum atomic E-state index is 11.9. The molecule has 1 saturated heterocycles. The normalized spacial score (nSPS) is 25.6. The molecule has 3 unspecified atom stereocenters. The number of urea groups is 1. The maximum Gasteiger partial charge on any atom is 0.315 e. The lowest BCUT2D eigenvalue weighted by Crippen LogP contribution is -2.48. The zero-order valence-corrected chi connectivity index (χ0v) is 11.2. The van der Waals surface area contributed by atoms with E-state index in [1.807, 2.05) is 6.92 Å². The predicted molar refractivity (Wildman–Crippen MR) is 68.8 cm³/mol. The summed E-state index contributed by atoms with van der Waals surface area (Å²) in [5, 5.41) is 14.5. The van der Waals surface area contributed by atoms with Crippen molar-refractivity contribution in [1.82, 2.24) is 10.6 Å². The number of carbonyl (C=O) groups is 2. The summed E-state index contributed by atoms with van der Waals surface area (Å²) >= 11 is 0. The minimum Gasteiger partial charge on any atom is -0.481 e. The standard InChI is InChI=1S/C13H22N2O4/c1-8(10-4-5-19-7-10)14-13(18)15-11(6-12(16)17)9-2-3-9/h8-11H,2-7H2,1H3,(H,16,17)(H2,14,15,18). The number of ether oxygens (including phenoxy) is 1. The lowest BCUT2D eigenvalue weighted by Gasteiger charge is -2.22. The minimum absolute atomic E-state index is 0.000985. The molecule has 3 N–H and O–H groups in total. The summed E-state index contributed by atoms with van der Waals surface area (Å²) in [5.74, 6) is -0.189. The summed E-state index contributed by atoms with van der Waals surface area (Å²) in [5.41, 5.74) is 0. The first kappa shape index (κ1) is 14.1. The number of carboxylic acid groups (broad SMARTS) is 1. The van der Waals surface area contributed by atoms with E-state index in [1.165, 1.54) is 0 Å². The molecule has 0 spiro atoms. The summed E-state index contributed by atoms with van der Waals surface area (Å²) < 4.78 is 5.29. The van der Waals surface area contributed by atoms with E-state index in [4.69, 9.17) is 9.84 Å². The van der Waals surface area contributed by atoms with E-state index in [0.29, 0.717) is 18.4 Å². The van der Waals surface area contributed by atoms with Gasteiger partial charge in [0.15, 0.2) is 0 Å². The van der Waals surface area contributed by atoms with Crippen LogP contribution in [0.25, 0.3) is 0 Å². The van der Waals surface area contributed by atoms with E-state index in [1.54, 1.807) is 0 Å². The summed E-state index contributed by atoms with van der Waals surface area (Å²) in [7, 11) is 0. The van der Waals surface area contributed by atoms with Crippen molar-refractivity contribution in [2.24, 2.45) is 11.8 Å². The monoisotopic (exact) mass is 270 g/mol. The number of nitrogens with one attached hydrogen (secondary N) is 2. The van der Waals surface area contributed by atoms with Crippen LogP contribution in [0.5, 0.6) is 0 Å². The van der Waals surface area contributed by atoms with Crippen molar-refractivity contribution in [2.45, 2.75) is 44.7 Å². The van der Waals surface area contributed by atoms with Gasteiger partial charge in [0.2, 0.25) is 0 Å². The molecule has 1 saturated carbocycles. The molecule has 0 aromatic rings. The molecule has 1 aliphatic carbocycles. The predicted octanol–water partition coefficient (Wildman–Crippen LogP) is 0.964. The van der Waals surface area contributed by atoms with E-state index < -0.39 is 5.97 Å². The summed E-state index contributed by atoms with van der Waals surface area (Å²) in [4.78, 5) is 22.6. The van der Waals surface area contributed by atoms with Gasteiger partial charge in [0.1, 0.15) is 0 Å². The molecule has 2 aliphatic rings. The second-order valence-corrected chi connectivity index (χ2v) is 5.57. The highest BCUT2D eigenvalue weighted by Gasteiger charge is 2.34. The van der Waals surface area contributed by atoms with Crippen molar-refractivity contribution in [2.75, 3.05) is 13.2 Å². The smallest absolute Gasteiger partial charge is 0.315 e. The average molecular weight is 270 g/mol. The van der Waals surface area contributed by atoms with Gasteiger partial charge in [0.25, 0.3) is 0 Å². The molecule has 3 atom stereocenters. The molecule has 2 amide bonds. The molecule has 6 nitrogen and oxygen atoms in total. The Bertz CT molecular complexity index is 338. The molecule has 0 radical (unpaired) electrons. The molecule has 0 bridgehead atoms. The van der Waals surface area contributed by atoms with Gasteiger partial charge in [-0.2, -0.15) is 0 Å². The summed E-state index contributed by atoms with van der Waals surface area (Å²) in [6, 6.07) is -0.464. The Kier molecular flexibility index (Phi) is 4.63. The van der Waals surface area contributed by atoms with Crippen LogP contribution in [-0.4, -0.2) is 42.4 Å². The third-order valence-corrected chi connectivity index (χ3v) is 3.93. The number of aliphatic carboxylic acids is 1. The molecule has 2 rings (SSSR count). The fourth-order valence-electron chi connectivity index (χ4n) is 2.50. The molecular formula is C13H22N2O4. The van der Waals surface area contributed by atoms with Crippen LogP contribution in [-0.2, 0) is 9.53 Å². The van der Waals surface area contributed by atoms with Gasteiger partial charge in [0.05, 0.1) is 13.0 Å². The van der Waals surface area contributed by atoms with Crippen molar-refractivity contribution in [3.8, 4) is 0 Å². The van der Waals surface area contributed by atoms with Crippen LogP contribution < -0.4 is 10.6 Å². The van der Waals surface area contributed by atoms with Crippen LogP contribution in [0.2, 0.25) is 0 Å². The second-order valence-electron chi connectivity index (χ2n) is 5.57. The lowest BCUT2D eigenvalue weighted by atomic mass is 10.0. The SMILES string of the molecule is CC(NC(=O)NC(CC(=O)O)C1CC1)C1CCOC1. The first-order chi connectivity index (χ1) is 9.06. The average Bonchev–Trinajstić information content (AvgIpc) is 3.02. The van der Waals surface area contributed by atoms with E-state index in [-0.39, 0.29) is 24.5 Å². The fourth-order valence-corrected chi connectivity index (χ4v) is 2.50. The quantitative estimate of drug-likeness (QED) is 0.671. The molecule has 0 aromatic carbocycles. The number of carbonyl (C=O) groups excluding carboxylic acids is 1. The zero-order chi connectivity index (χ0) is 13.8. The largest absolute Gasteiger partial charge is 0.481 e. The Morgan fingerprint density at radius 3 is 2.53 bits per heavy atom. The Morgan fingerprint density at radius 1 is 1.26 bits per heavy atom. The third kappa shape index (κ3) is 4.38. The van der Waals surface area contributed by atoms with Crippen LogP contribution in [0.4, 0.5) is 4.79 Å². The highest BCUT2D eigenvalue weighted by atomic mass is 16.5. The van der Waals surface area contributed by atoms with Gasteiger partial charge in [0, 0.05) is 24.6 Å². The highest BCUT2D eigenvalue weighted by molar-refractivity contribution is 5.76. The maximum absolute atomic E-state index is 11.9. The van der Waals surface area contributed by atoms with Gasteiger partial charge >= 0.3 is 12.0 Å². The third-order valence-electron chi connectivity index (χ3n) is 3.93. The van der Waals surface area contributed by atoms with Gasteiger partial charge in [-0.1, -0.05) is 0 Å². The van der Waals surface area contributed by atoms with Crippen molar-refractivity contribution in [3.05, 3.63) is 0 Å². The van der Waals surface area contributed by atoms with E-state index in [0.717, 1.165) is 25.9 Å². The van der Waals surface area contributed by atoms with Gasteiger partial charge in [-0.25, -0.2) is 4.79 Å². The number of hydrogen-bond acceptors (Lipinski definition) is 3. The molecule has 108 valence electrons. The van der Waals surface area contributed by atoms with Crippen LogP contribution >= 0.6 is 0 Å². The Hall–Kier alpha value is -1.30. The molecule has 6 heteroatoms. The number of rotatable bonds is 6. The van der Waals surface area contributed by atoms with Crippen molar-refractivity contribution < 1.29 is 19.4 Å². The van der Waals surface area contributed by atoms with Crippen LogP contribution in [0.1, 0.15) is 32.6 Å². The lowest BCUT2D eigenvalue weighted by molar-refractivity contribution is -0.137. The van der Waals surface area contributed by atoms with Gasteiger partial charge in [-0.05, 0) is 32.1 Å². The Morgan fingerprint density at radius 2 is 2.00 bits per heavy atom. The van der Waals surface area contributed by atoms with E-state index in [9.17, 15) is 9.59 Å². The van der Waals surface area contributed by atoms with Gasteiger partial charge < -0.3 is 20.5 Å². The van der Waals surface area contributed by atoms with Crippen molar-refractivity contribution in [3.63, 3.8) is 0 Å². The summed E-state index contributed by atoms with van der Waals surface area (Å²) in [6.45, 7) is 3.40. The summed E-state index contributed by atoms with van der Waals surface area (Å²) in [6.07, 6.45) is 2.97. The second kappa shape index (κ2) is 6.23.